The highest BCUT2D eigenvalue weighted by molar-refractivity contribution is 6.33. The number of benzene rings is 1. The lowest BCUT2D eigenvalue weighted by Crippen LogP contribution is -2.22. The van der Waals surface area contributed by atoms with E-state index in [2.05, 4.69) is 0 Å². The Morgan fingerprint density at radius 1 is 1.57 bits per heavy atom. The van der Waals surface area contributed by atoms with E-state index in [-0.39, 0.29) is 5.02 Å². The quantitative estimate of drug-likeness (QED) is 0.699. The number of carbonyl (C=O) groups is 1. The van der Waals surface area contributed by atoms with E-state index in [1.165, 1.54) is 0 Å². The van der Waals surface area contributed by atoms with Crippen LogP contribution >= 0.6 is 11.6 Å². The molecule has 6 heteroatoms. The Labute approximate surface area is 83.7 Å². The summed E-state index contributed by atoms with van der Waals surface area (Å²) >= 11 is 5.50. The summed E-state index contributed by atoms with van der Waals surface area (Å²) in [5, 5.41) is 17.3. The van der Waals surface area contributed by atoms with Gasteiger partial charge in [-0.15, -0.1) is 0 Å². The molecular formula is C8H7ClFNO3. The number of carboxylic acids is 1. The van der Waals surface area contributed by atoms with Gasteiger partial charge in [0, 0.05) is 5.56 Å². The summed E-state index contributed by atoms with van der Waals surface area (Å²) in [6.07, 6.45) is 0. The Hall–Kier alpha value is -1.33. The minimum Gasteiger partial charge on any atom is -0.506 e. The van der Waals surface area contributed by atoms with Gasteiger partial charge in [0.15, 0.2) is 0 Å². The van der Waals surface area contributed by atoms with Crippen LogP contribution in [0.1, 0.15) is 11.6 Å². The second kappa shape index (κ2) is 3.81. The van der Waals surface area contributed by atoms with Crippen LogP contribution in [0.2, 0.25) is 5.02 Å². The maximum absolute atomic E-state index is 13.1. The molecule has 0 aliphatic rings. The van der Waals surface area contributed by atoms with Gasteiger partial charge in [-0.2, -0.15) is 0 Å². The Kier molecular flexibility index (Phi) is 2.93. The van der Waals surface area contributed by atoms with Crippen LogP contribution in [-0.2, 0) is 4.79 Å². The number of carboxylic acid groups (broad SMARTS) is 1. The van der Waals surface area contributed by atoms with Crippen LogP contribution in [0, 0.1) is 5.82 Å². The third-order valence-electron chi connectivity index (χ3n) is 1.68. The van der Waals surface area contributed by atoms with Crippen LogP contribution in [-0.4, -0.2) is 16.2 Å². The van der Waals surface area contributed by atoms with Gasteiger partial charge >= 0.3 is 5.97 Å². The van der Waals surface area contributed by atoms with Crippen molar-refractivity contribution in [2.45, 2.75) is 6.04 Å². The van der Waals surface area contributed by atoms with E-state index >= 15 is 0 Å². The summed E-state index contributed by atoms with van der Waals surface area (Å²) in [5.74, 6) is -2.68. The molecule has 0 saturated heterocycles. The number of aliphatic carboxylic acids is 1. The highest BCUT2D eigenvalue weighted by atomic mass is 35.5. The number of nitrogens with two attached hydrogens (primary N) is 1. The predicted molar refractivity (Wildman–Crippen MR) is 47.6 cm³/mol. The number of phenolic OH excluding ortho intramolecular Hbond substituents is 1. The second-order valence-corrected chi connectivity index (χ2v) is 2.99. The molecule has 0 heterocycles. The highest BCUT2D eigenvalue weighted by Gasteiger charge is 2.23. The van der Waals surface area contributed by atoms with Crippen molar-refractivity contribution in [3.63, 3.8) is 0 Å². The molecule has 4 N–H and O–H groups in total. The summed E-state index contributed by atoms with van der Waals surface area (Å²) in [5.41, 5.74) is 4.76. The Bertz CT molecular complexity index is 383. The number of hydrogen-bond donors (Lipinski definition) is 3. The van der Waals surface area contributed by atoms with E-state index in [9.17, 15) is 9.18 Å². The van der Waals surface area contributed by atoms with Crippen molar-refractivity contribution < 1.29 is 19.4 Å². The van der Waals surface area contributed by atoms with Gasteiger partial charge in [0.25, 0.3) is 0 Å². The van der Waals surface area contributed by atoms with E-state index in [0.717, 1.165) is 12.1 Å². The molecule has 0 aromatic heterocycles. The standard InChI is InChI=1S/C8H7ClFNO3/c9-6-4(12)2-1-3(10)5(6)7(11)8(13)14/h1-2,7,12H,11H2,(H,13,14). The van der Waals surface area contributed by atoms with Crippen LogP contribution in [0.5, 0.6) is 5.75 Å². The normalized spacial score (nSPS) is 12.5. The molecule has 1 aromatic carbocycles. The zero-order chi connectivity index (χ0) is 10.9. The topological polar surface area (TPSA) is 83.6 Å². The van der Waals surface area contributed by atoms with Crippen molar-refractivity contribution in [3.05, 3.63) is 28.5 Å². The van der Waals surface area contributed by atoms with Crippen LogP contribution < -0.4 is 5.73 Å². The van der Waals surface area contributed by atoms with Crippen molar-refractivity contribution >= 4 is 17.6 Å². The van der Waals surface area contributed by atoms with Crippen molar-refractivity contribution in [3.8, 4) is 5.75 Å². The van der Waals surface area contributed by atoms with Crippen LogP contribution in [0.15, 0.2) is 12.1 Å². The van der Waals surface area contributed by atoms with Gasteiger partial charge in [0.05, 0.1) is 5.02 Å². The minimum atomic E-state index is -1.59. The highest BCUT2D eigenvalue weighted by Crippen LogP contribution is 2.32. The van der Waals surface area contributed by atoms with E-state index in [1.54, 1.807) is 0 Å². The number of phenols is 1. The van der Waals surface area contributed by atoms with E-state index in [4.69, 9.17) is 27.5 Å². The number of aromatic hydroxyl groups is 1. The summed E-state index contributed by atoms with van der Waals surface area (Å²) in [6.45, 7) is 0. The van der Waals surface area contributed by atoms with E-state index in [1.807, 2.05) is 0 Å². The molecular weight excluding hydrogens is 213 g/mol. The third-order valence-corrected chi connectivity index (χ3v) is 2.08. The minimum absolute atomic E-state index is 0.375. The van der Waals surface area contributed by atoms with Crippen LogP contribution in [0.4, 0.5) is 4.39 Å². The Morgan fingerprint density at radius 2 is 2.14 bits per heavy atom. The number of halogens is 2. The molecule has 0 bridgehead atoms. The smallest absolute Gasteiger partial charge is 0.325 e. The second-order valence-electron chi connectivity index (χ2n) is 2.61. The molecule has 1 unspecified atom stereocenters. The number of rotatable bonds is 2. The average molecular weight is 220 g/mol. The van der Waals surface area contributed by atoms with E-state index in [0.29, 0.717) is 0 Å². The first-order valence-corrected chi connectivity index (χ1v) is 3.98. The van der Waals surface area contributed by atoms with Gasteiger partial charge in [0.2, 0.25) is 0 Å². The van der Waals surface area contributed by atoms with Crippen LogP contribution in [0.3, 0.4) is 0 Å². The maximum Gasteiger partial charge on any atom is 0.325 e. The van der Waals surface area contributed by atoms with Gasteiger partial charge in [-0.1, -0.05) is 11.6 Å². The van der Waals surface area contributed by atoms with Gasteiger partial charge < -0.3 is 15.9 Å². The Balaban J connectivity index is 3.32. The molecule has 1 atom stereocenters. The lowest BCUT2D eigenvalue weighted by Gasteiger charge is -2.10. The molecule has 4 nitrogen and oxygen atoms in total. The molecule has 0 aliphatic carbocycles. The molecule has 0 aliphatic heterocycles. The predicted octanol–water partition coefficient (Wildman–Crippen LogP) is 1.27. The van der Waals surface area contributed by atoms with Gasteiger partial charge in [-0.25, -0.2) is 4.39 Å². The molecule has 0 spiro atoms. The van der Waals surface area contributed by atoms with Crippen molar-refractivity contribution in [1.29, 1.82) is 0 Å². The Morgan fingerprint density at radius 3 is 2.64 bits per heavy atom. The molecule has 14 heavy (non-hydrogen) atoms. The summed E-state index contributed by atoms with van der Waals surface area (Å²) in [4.78, 5) is 10.5. The van der Waals surface area contributed by atoms with Gasteiger partial charge in [-0.3, -0.25) is 4.79 Å². The van der Waals surface area contributed by atoms with Crippen molar-refractivity contribution in [2.24, 2.45) is 5.73 Å². The first-order valence-electron chi connectivity index (χ1n) is 3.60. The molecule has 0 saturated carbocycles. The van der Waals surface area contributed by atoms with Gasteiger partial charge in [0.1, 0.15) is 17.6 Å². The maximum atomic E-state index is 13.1. The fraction of sp³-hybridized carbons (Fsp3) is 0.125. The monoisotopic (exact) mass is 219 g/mol. The first-order chi connectivity index (χ1) is 6.45. The zero-order valence-corrected chi connectivity index (χ0v) is 7.62. The fourth-order valence-electron chi connectivity index (χ4n) is 0.966. The van der Waals surface area contributed by atoms with Crippen molar-refractivity contribution in [1.82, 2.24) is 0 Å². The lowest BCUT2D eigenvalue weighted by molar-refractivity contribution is -0.138. The fourth-order valence-corrected chi connectivity index (χ4v) is 1.24. The third kappa shape index (κ3) is 1.78. The van der Waals surface area contributed by atoms with E-state index < -0.39 is 29.1 Å². The summed E-state index contributed by atoms with van der Waals surface area (Å²) in [7, 11) is 0. The molecule has 0 amide bonds. The average Bonchev–Trinajstić information content (AvgIpc) is 2.12. The van der Waals surface area contributed by atoms with Gasteiger partial charge in [-0.05, 0) is 12.1 Å². The van der Waals surface area contributed by atoms with Crippen molar-refractivity contribution in [2.75, 3.05) is 0 Å². The number of hydrogen-bond acceptors (Lipinski definition) is 3. The molecule has 1 rings (SSSR count). The first kappa shape index (κ1) is 10.7. The summed E-state index contributed by atoms with van der Waals surface area (Å²) in [6, 6.07) is 0.337. The lowest BCUT2D eigenvalue weighted by atomic mass is 10.1. The molecule has 0 fully saturated rings. The largest absolute Gasteiger partial charge is 0.506 e. The SMILES string of the molecule is NC(C(=O)O)c1c(F)ccc(O)c1Cl. The molecule has 76 valence electrons. The summed E-state index contributed by atoms with van der Waals surface area (Å²) < 4.78 is 13.1. The van der Waals surface area contributed by atoms with Crippen LogP contribution in [0.25, 0.3) is 0 Å². The zero-order valence-electron chi connectivity index (χ0n) is 6.87. The molecule has 0 radical (unpaired) electrons. The molecule has 1 aromatic rings.